The van der Waals surface area contributed by atoms with Crippen molar-refractivity contribution in [1.82, 2.24) is 0 Å². The standard InChI is InChI=1S/C30H46O8/c1-8-24(33)21(5)29-25(37-29)16-18(2)10-9-11-19(3)28-20(4)12-13-26(36-22(6)31)30(7,35)15-14-23(32)17-27(34)38-28/h9-15,18,20-21,23-26,28-29,32-33,35H,8,16-17H2,1-7H3/b10-9+,13-12+,15-14+,19-11+. The Morgan fingerprint density at radius 3 is 2.58 bits per heavy atom. The number of cyclic esters (lactones) is 1. The van der Waals surface area contributed by atoms with Gasteiger partial charge in [0.15, 0.2) is 6.10 Å². The molecule has 0 bridgehead atoms. The number of ether oxygens (including phenoxy) is 3. The number of rotatable bonds is 9. The lowest BCUT2D eigenvalue weighted by molar-refractivity contribution is -0.152. The van der Waals surface area contributed by atoms with Crippen LogP contribution in [0.15, 0.2) is 48.1 Å². The molecule has 38 heavy (non-hydrogen) atoms. The maximum Gasteiger partial charge on any atom is 0.309 e. The van der Waals surface area contributed by atoms with Gasteiger partial charge in [-0.05, 0) is 44.3 Å². The summed E-state index contributed by atoms with van der Waals surface area (Å²) in [6, 6.07) is 0. The topological polar surface area (TPSA) is 126 Å². The van der Waals surface area contributed by atoms with Crippen LogP contribution in [-0.2, 0) is 23.8 Å². The maximum atomic E-state index is 12.6. The summed E-state index contributed by atoms with van der Waals surface area (Å²) in [6.45, 7) is 12.6. The van der Waals surface area contributed by atoms with Crippen LogP contribution in [0.4, 0.5) is 0 Å². The van der Waals surface area contributed by atoms with Crippen LogP contribution in [0.5, 0.6) is 0 Å². The van der Waals surface area contributed by atoms with E-state index in [4.69, 9.17) is 14.2 Å². The molecule has 0 aliphatic carbocycles. The molecule has 0 spiro atoms. The van der Waals surface area contributed by atoms with Crippen LogP contribution in [0.1, 0.15) is 67.7 Å². The van der Waals surface area contributed by atoms with E-state index in [0.29, 0.717) is 6.42 Å². The summed E-state index contributed by atoms with van der Waals surface area (Å²) in [4.78, 5) is 24.2. The van der Waals surface area contributed by atoms with Gasteiger partial charge < -0.3 is 29.5 Å². The van der Waals surface area contributed by atoms with Crippen molar-refractivity contribution in [3.05, 3.63) is 48.1 Å². The van der Waals surface area contributed by atoms with Crippen molar-refractivity contribution in [3.8, 4) is 0 Å². The Morgan fingerprint density at radius 2 is 1.95 bits per heavy atom. The van der Waals surface area contributed by atoms with Gasteiger partial charge in [-0.2, -0.15) is 0 Å². The molecular weight excluding hydrogens is 488 g/mol. The molecule has 0 aromatic rings. The number of aliphatic hydroxyl groups excluding tert-OH is 2. The normalized spacial score (nSPS) is 36.8. The van der Waals surface area contributed by atoms with E-state index in [9.17, 15) is 24.9 Å². The Labute approximate surface area is 227 Å². The van der Waals surface area contributed by atoms with E-state index in [1.165, 1.54) is 26.0 Å². The lowest BCUT2D eigenvalue weighted by atomic mass is 9.92. The lowest BCUT2D eigenvalue weighted by Gasteiger charge is -2.29. The predicted molar refractivity (Wildman–Crippen MR) is 145 cm³/mol. The third-order valence-electron chi connectivity index (χ3n) is 7.24. The third kappa shape index (κ3) is 9.80. The van der Waals surface area contributed by atoms with E-state index in [1.807, 2.05) is 39.8 Å². The highest BCUT2D eigenvalue weighted by atomic mass is 16.6. The predicted octanol–water partition coefficient (Wildman–Crippen LogP) is 3.80. The van der Waals surface area contributed by atoms with Crippen molar-refractivity contribution in [3.63, 3.8) is 0 Å². The monoisotopic (exact) mass is 534 g/mol. The van der Waals surface area contributed by atoms with Crippen molar-refractivity contribution in [1.29, 1.82) is 0 Å². The molecule has 3 N–H and O–H groups in total. The Kier molecular flexibility index (Phi) is 12.0. The van der Waals surface area contributed by atoms with E-state index in [2.05, 4.69) is 13.0 Å². The number of hydrogen-bond donors (Lipinski definition) is 3. The van der Waals surface area contributed by atoms with E-state index >= 15 is 0 Å². The molecule has 0 radical (unpaired) electrons. The molecule has 2 aliphatic rings. The molecule has 1 saturated heterocycles. The van der Waals surface area contributed by atoms with Gasteiger partial charge >= 0.3 is 11.9 Å². The van der Waals surface area contributed by atoms with Gasteiger partial charge in [0.05, 0.1) is 30.8 Å². The zero-order valence-corrected chi connectivity index (χ0v) is 23.7. The highest BCUT2D eigenvalue weighted by molar-refractivity contribution is 5.71. The first-order chi connectivity index (χ1) is 17.7. The second-order valence-corrected chi connectivity index (χ2v) is 11.0. The Bertz CT molecular complexity index is 917. The molecular formula is C30H46O8. The molecule has 214 valence electrons. The van der Waals surface area contributed by atoms with Gasteiger partial charge in [-0.3, -0.25) is 9.59 Å². The summed E-state index contributed by atoms with van der Waals surface area (Å²) >= 11 is 0. The Morgan fingerprint density at radius 1 is 1.26 bits per heavy atom. The summed E-state index contributed by atoms with van der Waals surface area (Å²) in [6.07, 6.45) is 10.3. The second kappa shape index (κ2) is 14.2. The summed E-state index contributed by atoms with van der Waals surface area (Å²) in [7, 11) is 0. The van der Waals surface area contributed by atoms with Crippen LogP contribution in [0.25, 0.3) is 0 Å². The minimum Gasteiger partial charge on any atom is -0.457 e. The molecule has 8 nitrogen and oxygen atoms in total. The fourth-order valence-electron chi connectivity index (χ4n) is 4.69. The molecule has 10 unspecified atom stereocenters. The molecule has 0 amide bonds. The van der Waals surface area contributed by atoms with Gasteiger partial charge in [0.25, 0.3) is 0 Å². The van der Waals surface area contributed by atoms with Crippen LogP contribution in [0.2, 0.25) is 0 Å². The highest BCUT2D eigenvalue weighted by Crippen LogP contribution is 2.36. The maximum absolute atomic E-state index is 12.6. The largest absolute Gasteiger partial charge is 0.457 e. The number of aliphatic hydroxyl groups is 3. The number of hydrogen-bond acceptors (Lipinski definition) is 8. The lowest BCUT2D eigenvalue weighted by Crippen LogP contribution is -2.40. The van der Waals surface area contributed by atoms with E-state index in [0.717, 1.165) is 12.0 Å². The number of carbonyl (C=O) groups is 2. The SMILES string of the molecule is CCC(O)C(C)C1OC1CC(C)/C=C/C=C(\C)C1OC(=O)CC(O)/C=C/C(C)(O)C(OC(C)=O)/C=C/C1C. The minimum atomic E-state index is -1.58. The van der Waals surface area contributed by atoms with E-state index < -0.39 is 35.9 Å². The molecule has 0 aromatic heterocycles. The molecule has 0 aromatic carbocycles. The summed E-state index contributed by atoms with van der Waals surface area (Å²) in [5.41, 5.74) is -0.779. The highest BCUT2D eigenvalue weighted by Gasteiger charge is 2.44. The van der Waals surface area contributed by atoms with E-state index in [1.54, 1.807) is 12.2 Å². The first-order valence-corrected chi connectivity index (χ1v) is 13.6. The van der Waals surface area contributed by atoms with Gasteiger partial charge in [-0.1, -0.05) is 64.2 Å². The summed E-state index contributed by atoms with van der Waals surface area (Å²) < 4.78 is 16.9. The summed E-state index contributed by atoms with van der Waals surface area (Å²) in [5, 5.41) is 31.2. The molecule has 8 heteroatoms. The molecule has 2 heterocycles. The number of epoxide rings is 1. The molecule has 2 aliphatic heterocycles. The third-order valence-corrected chi connectivity index (χ3v) is 7.24. The van der Waals surface area contributed by atoms with Crippen LogP contribution >= 0.6 is 0 Å². The number of carbonyl (C=O) groups excluding carboxylic acids is 2. The Balaban J connectivity index is 2.13. The smallest absolute Gasteiger partial charge is 0.309 e. The summed E-state index contributed by atoms with van der Waals surface area (Å²) in [5.74, 6) is -1.04. The quantitative estimate of drug-likeness (QED) is 0.177. The van der Waals surface area contributed by atoms with Crippen LogP contribution in [0.3, 0.4) is 0 Å². The van der Waals surface area contributed by atoms with Gasteiger partial charge in [0.2, 0.25) is 0 Å². The van der Waals surface area contributed by atoms with Crippen molar-refractivity contribution >= 4 is 11.9 Å². The minimum absolute atomic E-state index is 0.100. The molecule has 10 atom stereocenters. The van der Waals surface area contributed by atoms with Crippen LogP contribution in [-0.4, -0.2) is 69.5 Å². The zero-order chi connectivity index (χ0) is 28.6. The van der Waals surface area contributed by atoms with Crippen LogP contribution in [0, 0.1) is 17.8 Å². The van der Waals surface area contributed by atoms with Gasteiger partial charge in [-0.15, -0.1) is 0 Å². The number of allylic oxidation sites excluding steroid dienone is 3. The number of esters is 2. The fraction of sp³-hybridized carbons (Fsp3) is 0.667. The van der Waals surface area contributed by atoms with Crippen LogP contribution < -0.4 is 0 Å². The molecule has 0 saturated carbocycles. The van der Waals surface area contributed by atoms with Gasteiger partial charge in [-0.25, -0.2) is 0 Å². The molecule has 2 rings (SSSR count). The average molecular weight is 535 g/mol. The first-order valence-electron chi connectivity index (χ1n) is 13.6. The van der Waals surface area contributed by atoms with Gasteiger partial charge in [0.1, 0.15) is 11.7 Å². The van der Waals surface area contributed by atoms with Crippen molar-refractivity contribution in [2.24, 2.45) is 17.8 Å². The van der Waals surface area contributed by atoms with Crippen molar-refractivity contribution in [2.75, 3.05) is 0 Å². The Hall–Kier alpha value is -2.26. The van der Waals surface area contributed by atoms with Crippen molar-refractivity contribution in [2.45, 2.75) is 110 Å². The van der Waals surface area contributed by atoms with Gasteiger partial charge in [0, 0.05) is 18.8 Å². The van der Waals surface area contributed by atoms with E-state index in [-0.39, 0.29) is 42.5 Å². The fourth-order valence-corrected chi connectivity index (χ4v) is 4.69. The molecule has 1 fully saturated rings. The zero-order valence-electron chi connectivity index (χ0n) is 23.7. The second-order valence-electron chi connectivity index (χ2n) is 11.0. The van der Waals surface area contributed by atoms with Crippen molar-refractivity contribution < 1.29 is 39.1 Å². The first kappa shape index (κ1) is 32.0. The average Bonchev–Trinajstić information content (AvgIpc) is 3.60.